The van der Waals surface area contributed by atoms with Crippen molar-refractivity contribution in [2.45, 2.75) is 25.9 Å². The number of hydrogen-bond donors (Lipinski definition) is 1. The Morgan fingerprint density at radius 1 is 1.42 bits per heavy atom. The summed E-state index contributed by atoms with van der Waals surface area (Å²) in [5, 5.41) is 4.32. The Morgan fingerprint density at radius 3 is 2.74 bits per heavy atom. The highest BCUT2D eigenvalue weighted by Crippen LogP contribution is 2.33. The maximum Gasteiger partial charge on any atom is 0.142 e. The fourth-order valence-corrected chi connectivity index (χ4v) is 2.72. The zero-order chi connectivity index (χ0) is 14.2. The first kappa shape index (κ1) is 14.5. The third kappa shape index (κ3) is 2.68. The second-order valence-electron chi connectivity index (χ2n) is 4.54. The van der Waals surface area contributed by atoms with Crippen LogP contribution in [0.1, 0.15) is 37.2 Å². The summed E-state index contributed by atoms with van der Waals surface area (Å²) >= 11 is 9.42. The molecule has 1 atom stereocenters. The molecule has 0 fully saturated rings. The number of nitrogens with two attached hydrogens (primary N) is 1. The van der Waals surface area contributed by atoms with Gasteiger partial charge in [0.1, 0.15) is 5.82 Å². The van der Waals surface area contributed by atoms with Crippen molar-refractivity contribution in [1.29, 1.82) is 0 Å². The van der Waals surface area contributed by atoms with Gasteiger partial charge in [-0.15, -0.1) is 0 Å². The molecule has 2 aromatic rings. The van der Waals surface area contributed by atoms with E-state index in [1.807, 2.05) is 13.8 Å². The maximum absolute atomic E-state index is 13.5. The first-order chi connectivity index (χ1) is 8.93. The molecule has 2 N–H and O–H groups in total. The molecular formula is C13H14BrClFN3. The standard InChI is InChI=1S/C13H14BrClFN3/c1-7(2)19-13(9(14)6-18-19)12(17)8-4-3-5-10(16)11(8)15/h3-7,12H,17H2,1-2H3. The van der Waals surface area contributed by atoms with Gasteiger partial charge < -0.3 is 5.73 Å². The molecule has 3 nitrogen and oxygen atoms in total. The summed E-state index contributed by atoms with van der Waals surface area (Å²) in [6, 6.07) is 4.25. The summed E-state index contributed by atoms with van der Waals surface area (Å²) < 4.78 is 16.1. The van der Waals surface area contributed by atoms with E-state index in [9.17, 15) is 4.39 Å². The van der Waals surface area contributed by atoms with Gasteiger partial charge in [0.2, 0.25) is 0 Å². The topological polar surface area (TPSA) is 43.8 Å². The highest BCUT2D eigenvalue weighted by Gasteiger charge is 2.22. The second kappa shape index (κ2) is 5.61. The minimum atomic E-state index is -0.539. The molecule has 1 aromatic heterocycles. The molecule has 0 aliphatic heterocycles. The third-order valence-electron chi connectivity index (χ3n) is 2.89. The Bertz CT molecular complexity index is 598. The molecule has 19 heavy (non-hydrogen) atoms. The largest absolute Gasteiger partial charge is 0.319 e. The molecule has 0 spiro atoms. The van der Waals surface area contributed by atoms with Crippen LogP contribution in [0.2, 0.25) is 5.02 Å². The summed E-state index contributed by atoms with van der Waals surface area (Å²) in [6.45, 7) is 4.01. The first-order valence-corrected chi connectivity index (χ1v) is 7.03. The molecule has 2 rings (SSSR count). The van der Waals surface area contributed by atoms with Gasteiger partial charge in [-0.05, 0) is 41.4 Å². The molecule has 1 aromatic carbocycles. The molecule has 0 saturated carbocycles. The van der Waals surface area contributed by atoms with Crippen LogP contribution in [-0.2, 0) is 0 Å². The minimum Gasteiger partial charge on any atom is -0.319 e. The van der Waals surface area contributed by atoms with Crippen LogP contribution in [0.3, 0.4) is 0 Å². The summed E-state index contributed by atoms with van der Waals surface area (Å²) in [6.07, 6.45) is 1.68. The maximum atomic E-state index is 13.5. The van der Waals surface area contributed by atoms with Crippen molar-refractivity contribution in [3.63, 3.8) is 0 Å². The lowest BCUT2D eigenvalue weighted by atomic mass is 10.0. The second-order valence-corrected chi connectivity index (χ2v) is 5.77. The predicted octanol–water partition coefficient (Wildman–Crippen LogP) is 4.07. The molecule has 0 amide bonds. The van der Waals surface area contributed by atoms with E-state index in [4.69, 9.17) is 17.3 Å². The van der Waals surface area contributed by atoms with Crippen molar-refractivity contribution in [2.24, 2.45) is 5.73 Å². The van der Waals surface area contributed by atoms with E-state index in [0.717, 1.165) is 10.2 Å². The van der Waals surface area contributed by atoms with E-state index in [-0.39, 0.29) is 11.1 Å². The lowest BCUT2D eigenvalue weighted by molar-refractivity contribution is 0.498. The zero-order valence-corrected chi connectivity index (χ0v) is 12.9. The molecule has 6 heteroatoms. The molecule has 1 heterocycles. The quantitative estimate of drug-likeness (QED) is 0.910. The summed E-state index contributed by atoms with van der Waals surface area (Å²) in [5.74, 6) is -0.471. The average molecular weight is 347 g/mol. The number of rotatable bonds is 3. The smallest absolute Gasteiger partial charge is 0.142 e. The van der Waals surface area contributed by atoms with Crippen LogP contribution in [0.15, 0.2) is 28.9 Å². The van der Waals surface area contributed by atoms with Crippen molar-refractivity contribution < 1.29 is 4.39 Å². The van der Waals surface area contributed by atoms with Crippen molar-refractivity contribution in [1.82, 2.24) is 9.78 Å². The molecule has 0 bridgehead atoms. The van der Waals surface area contributed by atoms with E-state index < -0.39 is 11.9 Å². The Hall–Kier alpha value is -0.910. The highest BCUT2D eigenvalue weighted by atomic mass is 79.9. The Kier molecular flexibility index (Phi) is 4.28. The Labute approximate surface area is 124 Å². The Balaban J connectivity index is 2.53. The molecule has 1 unspecified atom stereocenters. The fourth-order valence-electron chi connectivity index (χ4n) is 1.96. The van der Waals surface area contributed by atoms with Crippen molar-refractivity contribution >= 4 is 27.5 Å². The molecular weight excluding hydrogens is 333 g/mol. The zero-order valence-electron chi connectivity index (χ0n) is 10.6. The third-order valence-corrected chi connectivity index (χ3v) is 3.90. The van der Waals surface area contributed by atoms with E-state index in [1.54, 1.807) is 23.0 Å². The van der Waals surface area contributed by atoms with Gasteiger partial charge in [0.25, 0.3) is 0 Å². The van der Waals surface area contributed by atoms with Gasteiger partial charge >= 0.3 is 0 Å². The number of hydrogen-bond acceptors (Lipinski definition) is 2. The highest BCUT2D eigenvalue weighted by molar-refractivity contribution is 9.10. The molecule has 102 valence electrons. The lowest BCUT2D eigenvalue weighted by Gasteiger charge is -2.19. The SMILES string of the molecule is CC(C)n1ncc(Br)c1C(N)c1cccc(F)c1Cl. The van der Waals surface area contributed by atoms with Gasteiger partial charge in [0.05, 0.1) is 27.4 Å². The van der Waals surface area contributed by atoms with Gasteiger partial charge in [-0.2, -0.15) is 5.10 Å². The Morgan fingerprint density at radius 2 is 2.11 bits per heavy atom. The van der Waals surface area contributed by atoms with Crippen molar-refractivity contribution in [2.75, 3.05) is 0 Å². The number of aromatic nitrogens is 2. The van der Waals surface area contributed by atoms with Gasteiger partial charge in [-0.25, -0.2) is 4.39 Å². The molecule has 0 saturated heterocycles. The van der Waals surface area contributed by atoms with Crippen LogP contribution in [-0.4, -0.2) is 9.78 Å². The van der Waals surface area contributed by atoms with Crippen LogP contribution in [0.5, 0.6) is 0 Å². The van der Waals surface area contributed by atoms with Gasteiger partial charge in [-0.1, -0.05) is 23.7 Å². The van der Waals surface area contributed by atoms with Crippen LogP contribution in [0.25, 0.3) is 0 Å². The summed E-state index contributed by atoms with van der Waals surface area (Å²) in [7, 11) is 0. The van der Waals surface area contributed by atoms with E-state index in [0.29, 0.717) is 5.56 Å². The van der Waals surface area contributed by atoms with Crippen molar-refractivity contribution in [3.05, 3.63) is 51.0 Å². The predicted molar refractivity (Wildman–Crippen MR) is 77.8 cm³/mol. The van der Waals surface area contributed by atoms with Crippen LogP contribution in [0.4, 0.5) is 4.39 Å². The van der Waals surface area contributed by atoms with Gasteiger partial charge in [0, 0.05) is 6.04 Å². The number of nitrogens with zero attached hydrogens (tertiary/aromatic N) is 2. The molecule has 0 radical (unpaired) electrons. The number of benzene rings is 1. The normalized spacial score (nSPS) is 13.0. The van der Waals surface area contributed by atoms with Crippen LogP contribution in [0, 0.1) is 5.82 Å². The van der Waals surface area contributed by atoms with Crippen LogP contribution < -0.4 is 5.73 Å². The number of halogens is 3. The molecule has 0 aliphatic rings. The van der Waals surface area contributed by atoms with E-state index >= 15 is 0 Å². The van der Waals surface area contributed by atoms with E-state index in [1.165, 1.54) is 6.07 Å². The average Bonchev–Trinajstić information content (AvgIpc) is 2.74. The van der Waals surface area contributed by atoms with Crippen LogP contribution >= 0.6 is 27.5 Å². The lowest BCUT2D eigenvalue weighted by Crippen LogP contribution is -2.19. The first-order valence-electron chi connectivity index (χ1n) is 5.86. The summed E-state index contributed by atoms with van der Waals surface area (Å²) in [5.41, 5.74) is 7.55. The fraction of sp³-hybridized carbons (Fsp3) is 0.308. The van der Waals surface area contributed by atoms with Crippen molar-refractivity contribution in [3.8, 4) is 0 Å². The van der Waals surface area contributed by atoms with Gasteiger partial charge in [-0.3, -0.25) is 4.68 Å². The van der Waals surface area contributed by atoms with E-state index in [2.05, 4.69) is 21.0 Å². The molecule has 0 aliphatic carbocycles. The van der Waals surface area contributed by atoms with Gasteiger partial charge in [0.15, 0.2) is 0 Å². The summed E-state index contributed by atoms with van der Waals surface area (Å²) in [4.78, 5) is 0. The monoisotopic (exact) mass is 345 g/mol. The minimum absolute atomic E-state index is 0.0541.